The van der Waals surface area contributed by atoms with E-state index in [-0.39, 0.29) is 5.91 Å². The van der Waals surface area contributed by atoms with Crippen molar-refractivity contribution in [3.8, 4) is 0 Å². The van der Waals surface area contributed by atoms with Crippen LogP contribution < -0.4 is 11.3 Å². The first-order chi connectivity index (χ1) is 9.11. The van der Waals surface area contributed by atoms with E-state index >= 15 is 0 Å². The van der Waals surface area contributed by atoms with E-state index < -0.39 is 5.25 Å². The van der Waals surface area contributed by atoms with Gasteiger partial charge in [0.15, 0.2) is 0 Å². The average molecular weight is 277 g/mol. The van der Waals surface area contributed by atoms with E-state index in [1.54, 1.807) is 0 Å². The number of rotatable bonds is 4. The van der Waals surface area contributed by atoms with E-state index in [9.17, 15) is 4.79 Å². The number of nitrogens with two attached hydrogens (primary N) is 1. The lowest BCUT2D eigenvalue weighted by Gasteiger charge is -2.12. The van der Waals surface area contributed by atoms with Crippen molar-refractivity contribution < 1.29 is 9.21 Å². The molecule has 0 radical (unpaired) electrons. The standard InChI is InChI=1S/C13H15N3O2S/c1-8-9(2)18-13(15-8)19-11(12(17)16-14)10-6-4-3-5-7-10/h3-7,11H,14H2,1-2H3,(H,16,17). The molecule has 5 nitrogen and oxygen atoms in total. The van der Waals surface area contributed by atoms with Crippen LogP contribution in [0.5, 0.6) is 0 Å². The van der Waals surface area contributed by atoms with E-state index in [1.165, 1.54) is 11.8 Å². The normalized spacial score (nSPS) is 12.2. The van der Waals surface area contributed by atoms with Crippen LogP contribution >= 0.6 is 11.8 Å². The smallest absolute Gasteiger partial charge is 0.257 e. The van der Waals surface area contributed by atoms with Gasteiger partial charge in [0.05, 0.1) is 5.69 Å². The molecule has 6 heteroatoms. The van der Waals surface area contributed by atoms with Crippen LogP contribution in [0.25, 0.3) is 0 Å². The van der Waals surface area contributed by atoms with Crippen molar-refractivity contribution in [1.82, 2.24) is 10.4 Å². The number of nitrogens with one attached hydrogen (secondary N) is 1. The number of carbonyl (C=O) groups excluding carboxylic acids is 1. The fourth-order valence-corrected chi connectivity index (χ4v) is 2.60. The maximum absolute atomic E-state index is 11.9. The highest BCUT2D eigenvalue weighted by Gasteiger charge is 2.23. The summed E-state index contributed by atoms with van der Waals surface area (Å²) < 4.78 is 5.49. The molecule has 100 valence electrons. The van der Waals surface area contributed by atoms with Crippen molar-refractivity contribution in [2.45, 2.75) is 24.3 Å². The fourth-order valence-electron chi connectivity index (χ4n) is 1.57. The Morgan fingerprint density at radius 3 is 2.58 bits per heavy atom. The Labute approximate surface area is 115 Å². The first kappa shape index (κ1) is 13.6. The molecule has 0 bridgehead atoms. The molecule has 0 aliphatic heterocycles. The van der Waals surface area contributed by atoms with Crippen LogP contribution in [-0.4, -0.2) is 10.9 Å². The molecule has 3 N–H and O–H groups in total. The number of carbonyl (C=O) groups is 1. The number of aryl methyl sites for hydroxylation is 2. The molecule has 1 aromatic carbocycles. The van der Waals surface area contributed by atoms with Crippen molar-refractivity contribution in [2.24, 2.45) is 5.84 Å². The Morgan fingerprint density at radius 1 is 1.37 bits per heavy atom. The van der Waals surface area contributed by atoms with Gasteiger partial charge in [0.1, 0.15) is 11.0 Å². The summed E-state index contributed by atoms with van der Waals surface area (Å²) in [6.45, 7) is 3.70. The van der Waals surface area contributed by atoms with Crippen molar-refractivity contribution in [2.75, 3.05) is 0 Å². The Hall–Kier alpha value is -1.79. The van der Waals surface area contributed by atoms with Gasteiger partial charge >= 0.3 is 0 Å². The van der Waals surface area contributed by atoms with Crippen LogP contribution in [-0.2, 0) is 4.79 Å². The number of hydrazine groups is 1. The second-order valence-electron chi connectivity index (χ2n) is 4.04. The van der Waals surface area contributed by atoms with Crippen LogP contribution in [0.2, 0.25) is 0 Å². The Bertz CT molecular complexity index is 549. The van der Waals surface area contributed by atoms with Crippen LogP contribution in [0.4, 0.5) is 0 Å². The highest BCUT2D eigenvalue weighted by molar-refractivity contribution is 8.00. The van der Waals surface area contributed by atoms with E-state index in [2.05, 4.69) is 10.4 Å². The van der Waals surface area contributed by atoms with Crippen LogP contribution in [0.1, 0.15) is 22.3 Å². The van der Waals surface area contributed by atoms with Gasteiger partial charge in [-0.15, -0.1) is 0 Å². The third-order valence-electron chi connectivity index (χ3n) is 2.71. The second kappa shape index (κ2) is 5.90. The molecule has 2 aromatic rings. The van der Waals surface area contributed by atoms with Gasteiger partial charge in [-0.05, 0) is 31.2 Å². The van der Waals surface area contributed by atoms with Gasteiger partial charge in [-0.25, -0.2) is 10.8 Å². The minimum Gasteiger partial charge on any atom is -0.437 e. The Balaban J connectivity index is 2.26. The maximum atomic E-state index is 11.9. The van der Waals surface area contributed by atoms with E-state index in [1.807, 2.05) is 44.2 Å². The summed E-state index contributed by atoms with van der Waals surface area (Å²) in [7, 11) is 0. The number of nitrogens with zero attached hydrogens (tertiary/aromatic N) is 1. The van der Waals surface area contributed by atoms with Crippen molar-refractivity contribution >= 4 is 17.7 Å². The topological polar surface area (TPSA) is 81.2 Å². The van der Waals surface area contributed by atoms with Crippen molar-refractivity contribution in [3.05, 3.63) is 47.3 Å². The summed E-state index contributed by atoms with van der Waals surface area (Å²) in [6, 6.07) is 9.38. The Morgan fingerprint density at radius 2 is 2.05 bits per heavy atom. The van der Waals surface area contributed by atoms with E-state index in [0.717, 1.165) is 17.0 Å². The lowest BCUT2D eigenvalue weighted by molar-refractivity contribution is -0.120. The van der Waals surface area contributed by atoms with Crippen molar-refractivity contribution in [1.29, 1.82) is 0 Å². The number of hydrogen-bond acceptors (Lipinski definition) is 5. The molecule has 1 unspecified atom stereocenters. The zero-order valence-electron chi connectivity index (χ0n) is 10.7. The first-order valence-corrected chi connectivity index (χ1v) is 6.66. The third-order valence-corrected chi connectivity index (χ3v) is 3.81. The number of aromatic nitrogens is 1. The predicted octanol–water partition coefficient (Wildman–Crippen LogP) is 2.11. The molecule has 2 rings (SSSR count). The minimum absolute atomic E-state index is 0.287. The van der Waals surface area contributed by atoms with E-state index in [4.69, 9.17) is 10.3 Å². The third kappa shape index (κ3) is 3.15. The molecule has 0 aliphatic carbocycles. The molecular weight excluding hydrogens is 262 g/mol. The SMILES string of the molecule is Cc1nc(SC(C(=O)NN)c2ccccc2)oc1C. The minimum atomic E-state index is -0.483. The highest BCUT2D eigenvalue weighted by atomic mass is 32.2. The number of oxazole rings is 1. The Kier molecular flexibility index (Phi) is 4.24. The molecule has 1 aromatic heterocycles. The van der Waals surface area contributed by atoms with Crippen LogP contribution in [0, 0.1) is 13.8 Å². The molecular formula is C13H15N3O2S. The monoisotopic (exact) mass is 277 g/mol. The predicted molar refractivity (Wildman–Crippen MR) is 73.3 cm³/mol. The summed E-state index contributed by atoms with van der Waals surface area (Å²) in [5, 5.41) is -0.0175. The van der Waals surface area contributed by atoms with Crippen molar-refractivity contribution in [3.63, 3.8) is 0 Å². The first-order valence-electron chi connectivity index (χ1n) is 5.78. The van der Waals surface area contributed by atoms with Gasteiger partial charge in [-0.2, -0.15) is 0 Å². The lowest BCUT2D eigenvalue weighted by Crippen LogP contribution is -2.33. The molecule has 0 fully saturated rings. The van der Waals surface area contributed by atoms with Gasteiger partial charge < -0.3 is 4.42 Å². The van der Waals surface area contributed by atoms with Gasteiger partial charge in [0.2, 0.25) is 0 Å². The van der Waals surface area contributed by atoms with Gasteiger partial charge in [0.25, 0.3) is 11.1 Å². The second-order valence-corrected chi connectivity index (χ2v) is 5.09. The fraction of sp³-hybridized carbons (Fsp3) is 0.231. The van der Waals surface area contributed by atoms with Gasteiger partial charge in [0, 0.05) is 0 Å². The van der Waals surface area contributed by atoms with Gasteiger partial charge in [-0.1, -0.05) is 30.3 Å². The summed E-state index contributed by atoms with van der Waals surface area (Å²) in [4.78, 5) is 16.1. The number of hydrogen-bond donors (Lipinski definition) is 2. The molecule has 0 saturated carbocycles. The zero-order valence-corrected chi connectivity index (χ0v) is 11.5. The largest absolute Gasteiger partial charge is 0.437 e. The number of amides is 1. The molecule has 19 heavy (non-hydrogen) atoms. The quantitative estimate of drug-likeness (QED) is 0.387. The number of benzene rings is 1. The molecule has 1 heterocycles. The zero-order chi connectivity index (χ0) is 13.8. The van der Waals surface area contributed by atoms with Gasteiger partial charge in [-0.3, -0.25) is 10.2 Å². The highest BCUT2D eigenvalue weighted by Crippen LogP contribution is 2.35. The summed E-state index contributed by atoms with van der Waals surface area (Å²) in [6.07, 6.45) is 0. The summed E-state index contributed by atoms with van der Waals surface area (Å²) in [5.41, 5.74) is 3.85. The molecule has 1 amide bonds. The summed E-state index contributed by atoms with van der Waals surface area (Å²) >= 11 is 1.24. The molecule has 1 atom stereocenters. The molecule has 0 aliphatic rings. The molecule has 0 spiro atoms. The van der Waals surface area contributed by atoms with Crippen LogP contribution in [0.3, 0.4) is 0 Å². The van der Waals surface area contributed by atoms with Crippen LogP contribution in [0.15, 0.2) is 40.0 Å². The summed E-state index contributed by atoms with van der Waals surface area (Å²) in [5.74, 6) is 5.70. The maximum Gasteiger partial charge on any atom is 0.257 e. The average Bonchev–Trinajstić information content (AvgIpc) is 2.75. The van der Waals surface area contributed by atoms with E-state index in [0.29, 0.717) is 5.22 Å². The number of thioether (sulfide) groups is 1. The molecule has 0 saturated heterocycles. The lowest BCUT2D eigenvalue weighted by atomic mass is 10.1.